The molecule has 0 aromatic carbocycles. The average molecular weight is 356 g/mol. The number of carbonyl (C=O) groups is 1. The summed E-state index contributed by atoms with van der Waals surface area (Å²) in [6.45, 7) is 9.12. The summed E-state index contributed by atoms with van der Waals surface area (Å²) in [5.74, 6) is -0.400. The van der Waals surface area contributed by atoms with Crippen LogP contribution in [0.2, 0.25) is 0 Å². The second kappa shape index (κ2) is 9.64. The summed E-state index contributed by atoms with van der Waals surface area (Å²) in [5.41, 5.74) is 0.314. The van der Waals surface area contributed by atoms with Crippen LogP contribution in [0.5, 0.6) is 0 Å². The van der Waals surface area contributed by atoms with Crippen LogP contribution in [-0.4, -0.2) is 66.6 Å². The fourth-order valence-electron chi connectivity index (χ4n) is 2.43. The van der Waals surface area contributed by atoms with E-state index in [1.807, 2.05) is 27.9 Å². The van der Waals surface area contributed by atoms with Crippen LogP contribution in [0.3, 0.4) is 0 Å². The van der Waals surface area contributed by atoms with Crippen LogP contribution in [-0.2, 0) is 22.8 Å². The highest BCUT2D eigenvalue weighted by Crippen LogP contribution is 2.27. The molecular formula is C14H30ClNO5Si. The maximum atomic E-state index is 11.8. The van der Waals surface area contributed by atoms with Crippen molar-refractivity contribution < 1.29 is 39.7 Å². The van der Waals surface area contributed by atoms with E-state index < -0.39 is 14.8 Å². The van der Waals surface area contributed by atoms with Crippen molar-refractivity contribution >= 4 is 14.8 Å². The number of halogens is 1. The Balaban J connectivity index is 0. The van der Waals surface area contributed by atoms with E-state index >= 15 is 0 Å². The lowest BCUT2D eigenvalue weighted by Crippen LogP contribution is -3.00. The Morgan fingerprint density at radius 1 is 1.18 bits per heavy atom. The topological polar surface area (TPSA) is 54.0 Å². The highest BCUT2D eigenvalue weighted by molar-refractivity contribution is 6.62. The number of rotatable bonds is 9. The molecule has 0 spiro atoms. The summed E-state index contributed by atoms with van der Waals surface area (Å²) in [5, 5.41) is 0. The number of hydrogen-bond donors (Lipinski definition) is 0. The summed E-state index contributed by atoms with van der Waals surface area (Å²) < 4.78 is 22.7. The summed E-state index contributed by atoms with van der Waals surface area (Å²) in [4.78, 5) is 11.8. The van der Waals surface area contributed by atoms with Crippen LogP contribution in [0.4, 0.5) is 0 Å². The van der Waals surface area contributed by atoms with Gasteiger partial charge in [-0.05, 0) is 6.92 Å². The zero-order valence-electron chi connectivity index (χ0n) is 14.9. The first kappa shape index (κ1) is 23.8. The van der Waals surface area contributed by atoms with Crippen molar-refractivity contribution in [1.29, 1.82) is 0 Å². The smallest absolute Gasteiger partial charge is 0.561 e. The maximum Gasteiger partial charge on any atom is 0.561 e. The van der Waals surface area contributed by atoms with Crippen molar-refractivity contribution in [2.45, 2.75) is 39.1 Å². The van der Waals surface area contributed by atoms with E-state index in [2.05, 4.69) is 6.58 Å². The van der Waals surface area contributed by atoms with E-state index in [-0.39, 0.29) is 24.3 Å². The van der Waals surface area contributed by atoms with E-state index in [0.717, 1.165) is 6.42 Å². The standard InChI is InChI=1S/C14H30NO5Si.ClH/c1-10-13(21(17-7,18-8)19-9)15(5,6)12(4)20-14(16)11(2)3;/h12-13H,2,10H2,1,3-9H3;1H/q+1;/p-1. The zero-order valence-corrected chi connectivity index (χ0v) is 16.7. The first-order valence-corrected chi connectivity index (χ1v) is 8.78. The Labute approximate surface area is 141 Å². The number of quaternary nitrogens is 1. The lowest BCUT2D eigenvalue weighted by atomic mass is 10.3. The predicted octanol–water partition coefficient (Wildman–Crippen LogP) is -1.27. The summed E-state index contributed by atoms with van der Waals surface area (Å²) in [6.07, 6.45) is 0.385. The first-order valence-electron chi connectivity index (χ1n) is 6.98. The molecule has 0 saturated heterocycles. The molecule has 2 atom stereocenters. The predicted molar refractivity (Wildman–Crippen MR) is 83.3 cm³/mol. The van der Waals surface area contributed by atoms with Crippen LogP contribution >= 0.6 is 0 Å². The van der Waals surface area contributed by atoms with Gasteiger partial charge in [0, 0.05) is 40.2 Å². The van der Waals surface area contributed by atoms with Gasteiger partial charge in [0.1, 0.15) is 0 Å². The van der Waals surface area contributed by atoms with Gasteiger partial charge in [0.05, 0.1) is 14.1 Å². The molecule has 0 aromatic heterocycles. The van der Waals surface area contributed by atoms with Crippen molar-refractivity contribution in [3.05, 3.63) is 12.2 Å². The molecule has 0 aliphatic rings. The molecule has 0 N–H and O–H groups in total. The molecule has 22 heavy (non-hydrogen) atoms. The van der Waals surface area contributed by atoms with Crippen molar-refractivity contribution in [3.63, 3.8) is 0 Å². The molecule has 6 nitrogen and oxygen atoms in total. The number of esters is 1. The van der Waals surface area contributed by atoms with Crippen molar-refractivity contribution in [1.82, 2.24) is 0 Å². The summed E-state index contributed by atoms with van der Waals surface area (Å²) in [6, 6.07) is 0. The Morgan fingerprint density at radius 3 is 1.86 bits per heavy atom. The fraction of sp³-hybridized carbons (Fsp3) is 0.786. The lowest BCUT2D eigenvalue weighted by molar-refractivity contribution is -0.947. The van der Waals surface area contributed by atoms with Crippen molar-refractivity contribution in [2.75, 3.05) is 35.4 Å². The van der Waals surface area contributed by atoms with Gasteiger partial charge in [-0.1, -0.05) is 13.5 Å². The highest BCUT2D eigenvalue weighted by Gasteiger charge is 2.57. The summed E-state index contributed by atoms with van der Waals surface area (Å²) in [7, 11) is 5.86. The molecule has 0 radical (unpaired) electrons. The van der Waals surface area contributed by atoms with E-state index in [4.69, 9.17) is 18.0 Å². The number of hydrogen-bond acceptors (Lipinski definition) is 5. The first-order chi connectivity index (χ1) is 9.62. The monoisotopic (exact) mass is 355 g/mol. The quantitative estimate of drug-likeness (QED) is 0.170. The van der Waals surface area contributed by atoms with Crippen LogP contribution in [0.1, 0.15) is 27.2 Å². The molecule has 0 saturated carbocycles. The van der Waals surface area contributed by atoms with E-state index in [1.165, 1.54) is 0 Å². The Bertz CT molecular complexity index is 366. The third kappa shape index (κ3) is 5.04. The van der Waals surface area contributed by atoms with Crippen LogP contribution in [0, 0.1) is 0 Å². The van der Waals surface area contributed by atoms with Gasteiger partial charge in [-0.3, -0.25) is 4.48 Å². The van der Waals surface area contributed by atoms with Gasteiger partial charge in [0.25, 0.3) is 0 Å². The van der Waals surface area contributed by atoms with Gasteiger partial charge in [-0.2, -0.15) is 0 Å². The summed E-state index contributed by atoms with van der Waals surface area (Å²) >= 11 is 0. The second-order valence-corrected chi connectivity index (χ2v) is 8.65. The molecular weight excluding hydrogens is 326 g/mol. The molecule has 0 rings (SSSR count). The minimum absolute atomic E-state index is 0. The van der Waals surface area contributed by atoms with Crippen LogP contribution in [0.15, 0.2) is 12.2 Å². The molecule has 8 heteroatoms. The van der Waals surface area contributed by atoms with E-state index in [9.17, 15) is 4.79 Å². The molecule has 0 amide bonds. The maximum absolute atomic E-state index is 11.8. The van der Waals surface area contributed by atoms with E-state index in [0.29, 0.717) is 10.1 Å². The van der Waals surface area contributed by atoms with Gasteiger partial charge < -0.3 is 30.4 Å². The fourth-order valence-corrected chi connectivity index (χ4v) is 5.27. The van der Waals surface area contributed by atoms with Gasteiger partial charge in [-0.25, -0.2) is 4.79 Å². The van der Waals surface area contributed by atoms with Crippen molar-refractivity contribution in [3.8, 4) is 0 Å². The average Bonchev–Trinajstić information content (AvgIpc) is 2.44. The molecule has 0 aliphatic carbocycles. The number of ether oxygens (including phenoxy) is 1. The van der Waals surface area contributed by atoms with Gasteiger partial charge >= 0.3 is 14.8 Å². The second-order valence-electron chi connectivity index (χ2n) is 5.55. The molecule has 0 heterocycles. The van der Waals surface area contributed by atoms with Crippen LogP contribution in [0.25, 0.3) is 0 Å². The SMILES string of the molecule is C=C(C)C(=O)OC(C)[N+](C)(C)C(CC)[Si](OC)(OC)OC.[Cl-]. The Morgan fingerprint density at radius 2 is 1.59 bits per heavy atom. The van der Waals surface area contributed by atoms with Crippen LogP contribution < -0.4 is 12.4 Å². The van der Waals surface area contributed by atoms with Gasteiger partial charge in [0.15, 0.2) is 5.67 Å². The molecule has 0 aromatic rings. The zero-order chi connectivity index (χ0) is 16.8. The Hall–Kier alpha value is -0.443. The molecule has 2 unspecified atom stereocenters. The minimum Gasteiger partial charge on any atom is -1.00 e. The lowest BCUT2D eigenvalue weighted by Gasteiger charge is -2.45. The number of carbonyl (C=O) groups excluding carboxylic acids is 1. The largest absolute Gasteiger partial charge is 1.00 e. The third-order valence-corrected chi connectivity index (χ3v) is 7.61. The van der Waals surface area contributed by atoms with E-state index in [1.54, 1.807) is 28.3 Å². The number of nitrogens with zero attached hydrogens (tertiary/aromatic N) is 1. The van der Waals surface area contributed by atoms with Crippen molar-refractivity contribution in [2.24, 2.45) is 0 Å². The molecule has 0 bridgehead atoms. The Kier molecular flexibility index (Phi) is 10.4. The molecule has 0 aliphatic heterocycles. The minimum atomic E-state index is -2.86. The van der Waals surface area contributed by atoms with Gasteiger partial charge in [-0.15, -0.1) is 0 Å². The van der Waals surface area contributed by atoms with Gasteiger partial charge in [0.2, 0.25) is 6.23 Å². The highest BCUT2D eigenvalue weighted by atomic mass is 35.5. The molecule has 0 fully saturated rings. The molecule has 132 valence electrons. The third-order valence-electron chi connectivity index (χ3n) is 4.01. The normalized spacial score (nSPS) is 14.7.